The van der Waals surface area contributed by atoms with Gasteiger partial charge in [0.15, 0.2) is 5.78 Å². The summed E-state index contributed by atoms with van der Waals surface area (Å²) in [5.74, 6) is 0.348. The van der Waals surface area contributed by atoms with Crippen LogP contribution in [0.2, 0.25) is 0 Å². The molecular formula is C17H17N3O4. The number of nitro groups is 1. The molecule has 1 aromatic carbocycles. The number of ketones is 1. The molecule has 1 saturated heterocycles. The van der Waals surface area contributed by atoms with E-state index >= 15 is 0 Å². The summed E-state index contributed by atoms with van der Waals surface area (Å²) in [6.07, 6.45) is 4.67. The van der Waals surface area contributed by atoms with Gasteiger partial charge < -0.3 is 9.64 Å². The number of pyridine rings is 1. The molecule has 4 rings (SSSR count). The van der Waals surface area contributed by atoms with Crippen LogP contribution in [0.3, 0.4) is 0 Å². The SMILES string of the molecule is O=C(C1CC1)[C@H]1CN(c2ccc([N+](=O)[O-])c3cnccc23)CCO1. The summed E-state index contributed by atoms with van der Waals surface area (Å²) in [4.78, 5) is 29.2. The highest BCUT2D eigenvalue weighted by molar-refractivity contribution is 5.99. The largest absolute Gasteiger partial charge is 0.367 e. The van der Waals surface area contributed by atoms with E-state index in [1.165, 1.54) is 12.3 Å². The minimum atomic E-state index is -0.404. The van der Waals surface area contributed by atoms with Crippen molar-refractivity contribution in [2.75, 3.05) is 24.6 Å². The fourth-order valence-electron chi connectivity index (χ4n) is 3.27. The van der Waals surface area contributed by atoms with Crippen molar-refractivity contribution >= 4 is 27.9 Å². The van der Waals surface area contributed by atoms with E-state index in [9.17, 15) is 14.9 Å². The molecule has 124 valence electrons. The first-order valence-electron chi connectivity index (χ1n) is 8.06. The number of carbonyl (C=O) groups is 1. The van der Waals surface area contributed by atoms with E-state index in [1.807, 2.05) is 0 Å². The third-order valence-corrected chi connectivity index (χ3v) is 4.67. The molecule has 1 aliphatic carbocycles. The smallest absolute Gasteiger partial charge is 0.278 e. The first-order valence-corrected chi connectivity index (χ1v) is 8.06. The predicted molar refractivity (Wildman–Crippen MR) is 88.1 cm³/mol. The second-order valence-electron chi connectivity index (χ2n) is 6.26. The minimum absolute atomic E-state index is 0.0423. The molecule has 0 amide bonds. The Morgan fingerprint density at radius 3 is 2.88 bits per heavy atom. The molecule has 7 heteroatoms. The van der Waals surface area contributed by atoms with E-state index in [0.29, 0.717) is 25.1 Å². The summed E-state index contributed by atoms with van der Waals surface area (Å²) < 4.78 is 5.66. The van der Waals surface area contributed by atoms with Crippen LogP contribution in [0.25, 0.3) is 10.8 Å². The number of hydrogen-bond acceptors (Lipinski definition) is 6. The van der Waals surface area contributed by atoms with Gasteiger partial charge >= 0.3 is 0 Å². The number of benzene rings is 1. The van der Waals surface area contributed by atoms with Crippen molar-refractivity contribution in [2.45, 2.75) is 18.9 Å². The highest BCUT2D eigenvalue weighted by atomic mass is 16.6. The zero-order valence-corrected chi connectivity index (χ0v) is 13.1. The Kier molecular flexibility index (Phi) is 3.65. The first kappa shape index (κ1) is 15.0. The van der Waals surface area contributed by atoms with Gasteiger partial charge in [-0.05, 0) is 25.0 Å². The molecule has 2 aromatic rings. The van der Waals surface area contributed by atoms with Crippen molar-refractivity contribution < 1.29 is 14.5 Å². The van der Waals surface area contributed by atoms with Crippen LogP contribution in [0.5, 0.6) is 0 Å². The molecule has 1 aliphatic heterocycles. The number of morpholine rings is 1. The van der Waals surface area contributed by atoms with Crippen LogP contribution in [0, 0.1) is 16.0 Å². The van der Waals surface area contributed by atoms with E-state index in [0.717, 1.165) is 23.9 Å². The Morgan fingerprint density at radius 2 is 2.12 bits per heavy atom. The summed E-state index contributed by atoms with van der Waals surface area (Å²) >= 11 is 0. The molecule has 0 N–H and O–H groups in total. The van der Waals surface area contributed by atoms with Crippen LogP contribution in [0.1, 0.15) is 12.8 Å². The molecule has 0 unspecified atom stereocenters. The fourth-order valence-corrected chi connectivity index (χ4v) is 3.27. The number of carbonyl (C=O) groups excluding carboxylic acids is 1. The van der Waals surface area contributed by atoms with Gasteiger partial charge in [0, 0.05) is 42.0 Å². The number of ether oxygens (including phenoxy) is 1. The van der Waals surface area contributed by atoms with Crippen LogP contribution >= 0.6 is 0 Å². The highest BCUT2D eigenvalue weighted by Gasteiger charge is 2.37. The number of aromatic nitrogens is 1. The summed E-state index contributed by atoms with van der Waals surface area (Å²) in [7, 11) is 0. The van der Waals surface area contributed by atoms with Gasteiger partial charge in [0.1, 0.15) is 6.10 Å². The maximum absolute atomic E-state index is 12.3. The summed E-state index contributed by atoms with van der Waals surface area (Å²) in [6.45, 7) is 1.63. The molecule has 2 fully saturated rings. The highest BCUT2D eigenvalue weighted by Crippen LogP contribution is 2.35. The molecule has 7 nitrogen and oxygen atoms in total. The van der Waals surface area contributed by atoms with Gasteiger partial charge in [-0.2, -0.15) is 0 Å². The zero-order valence-electron chi connectivity index (χ0n) is 13.1. The van der Waals surface area contributed by atoms with Crippen molar-refractivity contribution in [3.63, 3.8) is 0 Å². The second-order valence-corrected chi connectivity index (χ2v) is 6.26. The lowest BCUT2D eigenvalue weighted by Crippen LogP contribution is -2.46. The molecule has 1 saturated carbocycles. The van der Waals surface area contributed by atoms with E-state index < -0.39 is 11.0 Å². The van der Waals surface area contributed by atoms with Crippen LogP contribution in [0.4, 0.5) is 11.4 Å². The summed E-state index contributed by atoms with van der Waals surface area (Å²) in [5.41, 5.74) is 0.926. The summed E-state index contributed by atoms with van der Waals surface area (Å²) in [6, 6.07) is 5.04. The molecule has 1 atom stereocenters. The van der Waals surface area contributed by atoms with Gasteiger partial charge in [-0.15, -0.1) is 0 Å². The molecule has 24 heavy (non-hydrogen) atoms. The monoisotopic (exact) mass is 327 g/mol. The van der Waals surface area contributed by atoms with E-state index in [1.54, 1.807) is 18.3 Å². The molecule has 0 bridgehead atoms. The van der Waals surface area contributed by atoms with Crippen LogP contribution in [-0.4, -0.2) is 41.5 Å². The number of hydrogen-bond donors (Lipinski definition) is 0. The van der Waals surface area contributed by atoms with Gasteiger partial charge in [0.25, 0.3) is 5.69 Å². The average molecular weight is 327 g/mol. The second kappa shape index (κ2) is 5.83. The standard InChI is InChI=1S/C17H17N3O4/c21-17(11-1-2-11)16-10-19(7-8-24-16)14-3-4-15(20(22)23)13-9-18-6-5-12(13)14/h3-6,9,11,16H,1-2,7-8,10H2/t16-/m1/s1. The number of non-ortho nitro benzene ring substituents is 1. The fraction of sp³-hybridized carbons (Fsp3) is 0.412. The Hall–Kier alpha value is -2.54. The predicted octanol–water partition coefficient (Wildman–Crippen LogP) is 2.33. The number of Topliss-reactive ketones (excluding diaryl/α,β-unsaturated/α-hetero) is 1. The van der Waals surface area contributed by atoms with Crippen molar-refractivity contribution in [1.29, 1.82) is 0 Å². The molecular weight excluding hydrogens is 310 g/mol. The van der Waals surface area contributed by atoms with Gasteiger partial charge in [-0.25, -0.2) is 0 Å². The Balaban J connectivity index is 1.69. The number of fused-ring (bicyclic) bond motifs is 1. The van der Waals surface area contributed by atoms with Gasteiger partial charge in [0.2, 0.25) is 0 Å². The van der Waals surface area contributed by atoms with Gasteiger partial charge in [0.05, 0.1) is 23.5 Å². The Morgan fingerprint density at radius 1 is 1.29 bits per heavy atom. The van der Waals surface area contributed by atoms with Crippen molar-refractivity contribution in [1.82, 2.24) is 4.98 Å². The molecule has 2 aliphatic rings. The van der Waals surface area contributed by atoms with Crippen molar-refractivity contribution in [2.24, 2.45) is 5.92 Å². The normalized spacial score (nSPS) is 21.0. The lowest BCUT2D eigenvalue weighted by molar-refractivity contribution is -0.383. The maximum atomic E-state index is 12.3. The Labute approximate surface area is 138 Å². The summed E-state index contributed by atoms with van der Waals surface area (Å²) in [5, 5.41) is 12.5. The van der Waals surface area contributed by atoms with Gasteiger partial charge in [-0.1, -0.05) is 0 Å². The quantitative estimate of drug-likeness (QED) is 0.633. The number of rotatable bonds is 4. The lowest BCUT2D eigenvalue weighted by Gasteiger charge is -2.34. The number of nitrogens with zero attached hydrogens (tertiary/aromatic N) is 3. The minimum Gasteiger partial charge on any atom is -0.367 e. The lowest BCUT2D eigenvalue weighted by atomic mass is 10.1. The first-order chi connectivity index (χ1) is 11.6. The van der Waals surface area contributed by atoms with Crippen molar-refractivity contribution in [3.05, 3.63) is 40.7 Å². The van der Waals surface area contributed by atoms with E-state index in [2.05, 4.69) is 9.88 Å². The van der Waals surface area contributed by atoms with Crippen LogP contribution in [0.15, 0.2) is 30.6 Å². The third-order valence-electron chi connectivity index (χ3n) is 4.67. The maximum Gasteiger partial charge on any atom is 0.278 e. The number of nitro benzene ring substituents is 1. The van der Waals surface area contributed by atoms with Crippen molar-refractivity contribution in [3.8, 4) is 0 Å². The van der Waals surface area contributed by atoms with Gasteiger partial charge in [-0.3, -0.25) is 19.9 Å². The molecule has 1 aromatic heterocycles. The molecule has 2 heterocycles. The molecule has 0 spiro atoms. The van der Waals surface area contributed by atoms with Crippen LogP contribution < -0.4 is 4.90 Å². The Bertz CT molecular complexity index is 819. The third kappa shape index (κ3) is 2.60. The molecule has 0 radical (unpaired) electrons. The van der Waals surface area contributed by atoms with E-state index in [-0.39, 0.29) is 17.4 Å². The topological polar surface area (TPSA) is 85.6 Å². The van der Waals surface area contributed by atoms with E-state index in [4.69, 9.17) is 4.74 Å². The average Bonchev–Trinajstić information content (AvgIpc) is 3.45. The van der Waals surface area contributed by atoms with Crippen LogP contribution in [-0.2, 0) is 9.53 Å². The number of anilines is 1. The zero-order chi connectivity index (χ0) is 16.7.